The Bertz CT molecular complexity index is 630. The number of hydrogen-bond acceptors (Lipinski definition) is 6. The summed E-state index contributed by atoms with van der Waals surface area (Å²) < 4.78 is 0. The minimum atomic E-state index is -0.0736. The Morgan fingerprint density at radius 2 is 1.86 bits per heavy atom. The Labute approximate surface area is 128 Å². The van der Waals surface area contributed by atoms with Crippen molar-refractivity contribution in [3.63, 3.8) is 0 Å². The molecule has 1 aliphatic heterocycles. The van der Waals surface area contributed by atoms with E-state index in [1.54, 1.807) is 18.5 Å². The highest BCUT2D eigenvalue weighted by Crippen LogP contribution is 2.18. The predicted molar refractivity (Wildman–Crippen MR) is 84.5 cm³/mol. The first kappa shape index (κ1) is 14.4. The van der Waals surface area contributed by atoms with Gasteiger partial charge in [-0.3, -0.25) is 15.6 Å². The summed E-state index contributed by atoms with van der Waals surface area (Å²) in [6.07, 6.45) is 3.35. The zero-order chi connectivity index (χ0) is 15.4. The molecule has 2 atom stereocenters. The number of amides is 1. The van der Waals surface area contributed by atoms with Crippen LogP contribution in [0.3, 0.4) is 0 Å². The van der Waals surface area contributed by atoms with Gasteiger partial charge >= 0.3 is 0 Å². The van der Waals surface area contributed by atoms with E-state index in [1.165, 1.54) is 0 Å². The number of benzene rings is 1. The topological polar surface area (TPSA) is 91.0 Å². The Morgan fingerprint density at radius 1 is 1.18 bits per heavy atom. The molecule has 1 saturated heterocycles. The van der Waals surface area contributed by atoms with Crippen molar-refractivity contribution in [1.82, 2.24) is 20.8 Å². The van der Waals surface area contributed by atoms with Crippen molar-refractivity contribution in [2.75, 3.05) is 17.2 Å². The summed E-state index contributed by atoms with van der Waals surface area (Å²) in [5.74, 6) is 0.476. The van der Waals surface area contributed by atoms with Gasteiger partial charge in [-0.05, 0) is 37.3 Å². The maximum Gasteiger partial charge on any atom is 0.230 e. The molecule has 3 rings (SSSR count). The molecule has 2 heterocycles. The van der Waals surface area contributed by atoms with Gasteiger partial charge in [-0.1, -0.05) is 0 Å². The molecule has 22 heavy (non-hydrogen) atoms. The lowest BCUT2D eigenvalue weighted by Crippen LogP contribution is -2.33. The van der Waals surface area contributed by atoms with E-state index in [0.717, 1.165) is 11.4 Å². The van der Waals surface area contributed by atoms with Crippen molar-refractivity contribution in [2.45, 2.75) is 13.0 Å². The van der Waals surface area contributed by atoms with Gasteiger partial charge in [-0.15, -0.1) is 0 Å². The summed E-state index contributed by atoms with van der Waals surface area (Å²) in [6.45, 7) is 2.62. The van der Waals surface area contributed by atoms with E-state index in [9.17, 15) is 4.79 Å². The molecule has 0 aliphatic carbocycles. The standard InChI is InChI=1S/C15H18N6O/c1-10-13(9-18-21-10)14(22)19-11-3-5-12(6-4-11)20-15-16-7-2-8-17-15/h2-8,10,13,18,21H,9H2,1H3,(H,19,22)(H,16,17,20). The molecular formula is C15H18N6O. The number of carbonyl (C=O) groups is 1. The number of hydrazine groups is 1. The molecule has 114 valence electrons. The highest BCUT2D eigenvalue weighted by molar-refractivity contribution is 5.93. The maximum absolute atomic E-state index is 12.2. The van der Waals surface area contributed by atoms with E-state index in [4.69, 9.17) is 0 Å². The lowest BCUT2D eigenvalue weighted by Gasteiger charge is -2.14. The molecule has 7 heteroatoms. The van der Waals surface area contributed by atoms with E-state index in [2.05, 4.69) is 31.5 Å². The Balaban J connectivity index is 1.61. The third-order valence-corrected chi connectivity index (χ3v) is 3.57. The molecule has 4 N–H and O–H groups in total. The average Bonchev–Trinajstić information content (AvgIpc) is 2.96. The van der Waals surface area contributed by atoms with Crippen LogP contribution in [0.4, 0.5) is 17.3 Å². The van der Waals surface area contributed by atoms with E-state index >= 15 is 0 Å². The molecule has 1 fully saturated rings. The van der Waals surface area contributed by atoms with Gasteiger partial charge in [0.15, 0.2) is 0 Å². The van der Waals surface area contributed by atoms with Crippen molar-refractivity contribution in [3.8, 4) is 0 Å². The molecular weight excluding hydrogens is 280 g/mol. The van der Waals surface area contributed by atoms with Crippen LogP contribution in [0.15, 0.2) is 42.7 Å². The first-order valence-electron chi connectivity index (χ1n) is 7.16. The van der Waals surface area contributed by atoms with Crippen molar-refractivity contribution >= 4 is 23.2 Å². The van der Waals surface area contributed by atoms with Crippen LogP contribution in [-0.2, 0) is 4.79 Å². The number of hydrogen-bond donors (Lipinski definition) is 4. The van der Waals surface area contributed by atoms with Crippen LogP contribution in [0, 0.1) is 5.92 Å². The minimum Gasteiger partial charge on any atom is -0.326 e. The van der Waals surface area contributed by atoms with Gasteiger partial charge in [0.25, 0.3) is 0 Å². The van der Waals surface area contributed by atoms with Gasteiger partial charge in [-0.2, -0.15) is 0 Å². The monoisotopic (exact) mass is 298 g/mol. The Hall–Kier alpha value is -2.51. The molecule has 2 unspecified atom stereocenters. The first-order valence-corrected chi connectivity index (χ1v) is 7.16. The molecule has 7 nitrogen and oxygen atoms in total. The highest BCUT2D eigenvalue weighted by atomic mass is 16.2. The second-order valence-electron chi connectivity index (χ2n) is 5.18. The number of aromatic nitrogens is 2. The quantitative estimate of drug-likeness (QED) is 0.679. The summed E-state index contributed by atoms with van der Waals surface area (Å²) in [7, 11) is 0. The molecule has 0 bridgehead atoms. The van der Waals surface area contributed by atoms with Gasteiger partial charge < -0.3 is 10.6 Å². The van der Waals surface area contributed by atoms with Crippen LogP contribution in [0.5, 0.6) is 0 Å². The number of nitrogens with zero attached hydrogens (tertiary/aromatic N) is 2. The van der Waals surface area contributed by atoms with E-state index in [0.29, 0.717) is 12.5 Å². The van der Waals surface area contributed by atoms with Gasteiger partial charge in [0, 0.05) is 36.4 Å². The Kier molecular flexibility index (Phi) is 4.27. The zero-order valence-corrected chi connectivity index (χ0v) is 12.2. The fraction of sp³-hybridized carbons (Fsp3) is 0.267. The fourth-order valence-electron chi connectivity index (χ4n) is 2.29. The summed E-state index contributed by atoms with van der Waals surface area (Å²) in [6, 6.07) is 9.34. The lowest BCUT2D eigenvalue weighted by molar-refractivity contribution is -0.119. The van der Waals surface area contributed by atoms with E-state index < -0.39 is 0 Å². The number of carbonyl (C=O) groups excluding carboxylic acids is 1. The summed E-state index contributed by atoms with van der Waals surface area (Å²) in [5, 5.41) is 6.02. The van der Waals surface area contributed by atoms with Gasteiger partial charge in [-0.25, -0.2) is 9.97 Å². The minimum absolute atomic E-state index is 0.0112. The molecule has 2 aromatic rings. The van der Waals surface area contributed by atoms with Crippen LogP contribution >= 0.6 is 0 Å². The normalized spacial score (nSPS) is 20.6. The maximum atomic E-state index is 12.2. The Morgan fingerprint density at radius 3 is 2.50 bits per heavy atom. The number of rotatable bonds is 4. The van der Waals surface area contributed by atoms with E-state index in [1.807, 2.05) is 31.2 Å². The molecule has 0 spiro atoms. The van der Waals surface area contributed by atoms with Crippen LogP contribution in [-0.4, -0.2) is 28.5 Å². The van der Waals surface area contributed by atoms with Crippen molar-refractivity contribution < 1.29 is 4.79 Å². The van der Waals surface area contributed by atoms with Crippen LogP contribution in [0.25, 0.3) is 0 Å². The number of nitrogens with one attached hydrogen (secondary N) is 4. The molecule has 1 amide bonds. The zero-order valence-electron chi connectivity index (χ0n) is 12.2. The molecule has 1 aromatic heterocycles. The van der Waals surface area contributed by atoms with Crippen LogP contribution < -0.4 is 21.5 Å². The third-order valence-electron chi connectivity index (χ3n) is 3.57. The van der Waals surface area contributed by atoms with Gasteiger partial charge in [0.1, 0.15) is 0 Å². The number of anilines is 3. The fourth-order valence-corrected chi connectivity index (χ4v) is 2.29. The van der Waals surface area contributed by atoms with Crippen molar-refractivity contribution in [2.24, 2.45) is 5.92 Å². The molecule has 1 aromatic carbocycles. The van der Waals surface area contributed by atoms with Crippen LogP contribution in [0.1, 0.15) is 6.92 Å². The van der Waals surface area contributed by atoms with Gasteiger partial charge in [0.05, 0.1) is 5.92 Å². The average molecular weight is 298 g/mol. The van der Waals surface area contributed by atoms with Crippen molar-refractivity contribution in [1.29, 1.82) is 0 Å². The molecule has 0 saturated carbocycles. The SMILES string of the molecule is CC1NNCC1C(=O)Nc1ccc(Nc2ncccn2)cc1. The second-order valence-corrected chi connectivity index (χ2v) is 5.18. The molecule has 1 aliphatic rings. The van der Waals surface area contributed by atoms with Crippen molar-refractivity contribution in [3.05, 3.63) is 42.7 Å². The largest absolute Gasteiger partial charge is 0.326 e. The summed E-state index contributed by atoms with van der Waals surface area (Å²) in [4.78, 5) is 20.4. The summed E-state index contributed by atoms with van der Waals surface area (Å²) in [5.41, 5.74) is 7.66. The third kappa shape index (κ3) is 3.38. The lowest BCUT2D eigenvalue weighted by atomic mass is 10.0. The second kappa shape index (κ2) is 6.50. The first-order chi connectivity index (χ1) is 10.7. The highest BCUT2D eigenvalue weighted by Gasteiger charge is 2.29. The predicted octanol–water partition coefficient (Wildman–Crippen LogP) is 1.27. The van der Waals surface area contributed by atoms with Gasteiger partial charge in [0.2, 0.25) is 11.9 Å². The molecule has 0 radical (unpaired) electrons. The van der Waals surface area contributed by atoms with E-state index in [-0.39, 0.29) is 17.9 Å². The smallest absolute Gasteiger partial charge is 0.230 e. The van der Waals surface area contributed by atoms with Crippen LogP contribution in [0.2, 0.25) is 0 Å². The summed E-state index contributed by atoms with van der Waals surface area (Å²) >= 11 is 0.